The van der Waals surface area contributed by atoms with Crippen LogP contribution in [0.25, 0.3) is 0 Å². The second-order valence-electron chi connectivity index (χ2n) is 13.9. The van der Waals surface area contributed by atoms with E-state index in [1.54, 1.807) is 20.8 Å². The van der Waals surface area contributed by atoms with Crippen LogP contribution in [-0.4, -0.2) is 68.3 Å². The van der Waals surface area contributed by atoms with Gasteiger partial charge in [-0.3, -0.25) is 19.2 Å². The van der Waals surface area contributed by atoms with E-state index in [2.05, 4.69) is 6.92 Å². The van der Waals surface area contributed by atoms with Gasteiger partial charge in [0.1, 0.15) is 6.10 Å². The van der Waals surface area contributed by atoms with E-state index in [0.717, 1.165) is 25.3 Å². The Kier molecular flexibility index (Phi) is 9.52. The number of rotatable bonds is 13. The van der Waals surface area contributed by atoms with E-state index in [4.69, 9.17) is 9.47 Å². The number of ether oxygens (including phenoxy) is 2. The first-order valence-electron chi connectivity index (χ1n) is 16.1. The Morgan fingerprint density at radius 2 is 1.56 bits per heavy atom. The van der Waals surface area contributed by atoms with Crippen molar-refractivity contribution in [2.75, 3.05) is 6.61 Å². The van der Waals surface area contributed by atoms with E-state index >= 15 is 0 Å². The fraction of sp³-hybridized carbons (Fsp3) is 0.765. The zero-order valence-electron chi connectivity index (χ0n) is 26.6. The first-order valence-corrected chi connectivity index (χ1v) is 16.1. The van der Waals surface area contributed by atoms with Crippen LogP contribution >= 0.6 is 0 Å². The molecule has 0 radical (unpaired) electrons. The van der Waals surface area contributed by atoms with E-state index in [1.807, 2.05) is 0 Å². The molecule has 0 unspecified atom stereocenters. The highest BCUT2D eigenvalue weighted by Crippen LogP contribution is 2.77. The third-order valence-corrected chi connectivity index (χ3v) is 10.9. The number of aliphatic hydroxyl groups excluding tert-OH is 1. The van der Waals surface area contributed by atoms with Crippen LogP contribution in [0.3, 0.4) is 0 Å². The summed E-state index contributed by atoms with van der Waals surface area (Å²) in [6, 6.07) is 0. The summed E-state index contributed by atoms with van der Waals surface area (Å²) < 4.78 is 12.1. The van der Waals surface area contributed by atoms with Crippen LogP contribution in [0, 0.1) is 29.1 Å². The van der Waals surface area contributed by atoms with Crippen LogP contribution in [0.2, 0.25) is 0 Å². The van der Waals surface area contributed by atoms with E-state index in [0.29, 0.717) is 6.42 Å². The van der Waals surface area contributed by atoms with Crippen LogP contribution in [0.1, 0.15) is 106 Å². The maximum Gasteiger partial charge on any atom is 0.306 e. The normalized spacial score (nSPS) is 37.4. The number of esters is 2. The van der Waals surface area contributed by atoms with E-state index in [-0.39, 0.29) is 17.6 Å². The van der Waals surface area contributed by atoms with Gasteiger partial charge in [0.25, 0.3) is 0 Å². The van der Waals surface area contributed by atoms with Crippen LogP contribution in [0.15, 0.2) is 23.3 Å². The molecule has 4 aliphatic carbocycles. The summed E-state index contributed by atoms with van der Waals surface area (Å²) >= 11 is 0. The Hall–Kier alpha value is -2.36. The fourth-order valence-corrected chi connectivity index (χ4v) is 8.68. The lowest BCUT2D eigenvalue weighted by Gasteiger charge is -2.52. The van der Waals surface area contributed by atoms with E-state index < -0.39 is 82.1 Å². The molecule has 9 heteroatoms. The average molecular weight is 603 g/mol. The van der Waals surface area contributed by atoms with Gasteiger partial charge in [0.15, 0.2) is 22.8 Å². The third kappa shape index (κ3) is 5.23. The average Bonchev–Trinajstić information content (AvgIpc) is 3.34. The number of aliphatic hydroxyl groups is 3. The lowest BCUT2D eigenvalue weighted by atomic mass is 9.58. The highest BCUT2D eigenvalue weighted by atomic mass is 16.6. The van der Waals surface area contributed by atoms with Gasteiger partial charge in [-0.05, 0) is 25.0 Å². The molecule has 0 bridgehead atoms. The molecule has 0 amide bonds. The number of ketones is 2. The van der Waals surface area contributed by atoms with Crippen molar-refractivity contribution in [1.29, 1.82) is 0 Å². The van der Waals surface area contributed by atoms with Crippen molar-refractivity contribution in [2.24, 2.45) is 29.1 Å². The van der Waals surface area contributed by atoms with Crippen molar-refractivity contribution in [3.8, 4) is 0 Å². The minimum absolute atomic E-state index is 0.155. The molecule has 2 saturated carbocycles. The molecule has 0 saturated heterocycles. The molecule has 240 valence electrons. The Balaban J connectivity index is 1.63. The molecule has 2 fully saturated rings. The standard InChI is InChI=1S/C34H50O9/c1-7-8-9-10-11-12-13-14-15-16-25(37)42-30-21(3)33(41)24-17-20(2)29(39)32(24,40)18-23(19-35)27(38)26(33)28-31(5,6)34(28,30)43-22(4)36/h17-18,21,24,26,28,30,35,40-41H,7-16,19H2,1-6H3/t21-,24-,26+,28-,30-,32-,33+,34+/m1/s1. The number of hydrogen-bond acceptors (Lipinski definition) is 9. The van der Waals surface area contributed by atoms with Gasteiger partial charge in [0.2, 0.25) is 0 Å². The Bertz CT molecular complexity index is 1200. The topological polar surface area (TPSA) is 147 Å². The summed E-state index contributed by atoms with van der Waals surface area (Å²) in [4.78, 5) is 53.0. The second-order valence-corrected chi connectivity index (χ2v) is 13.9. The molecule has 8 atom stereocenters. The third-order valence-electron chi connectivity index (χ3n) is 10.9. The first-order chi connectivity index (χ1) is 20.2. The number of fused-ring (bicyclic) bond motifs is 5. The first kappa shape index (κ1) is 33.5. The van der Waals surface area contributed by atoms with Gasteiger partial charge < -0.3 is 24.8 Å². The highest BCUT2D eigenvalue weighted by Gasteiger charge is 2.89. The fourth-order valence-electron chi connectivity index (χ4n) is 8.68. The number of carbonyl (C=O) groups is 4. The number of unbranched alkanes of at least 4 members (excludes halogenated alkanes) is 8. The zero-order valence-corrected chi connectivity index (χ0v) is 26.6. The van der Waals surface area contributed by atoms with Gasteiger partial charge in [0.05, 0.1) is 18.1 Å². The predicted octanol–water partition coefficient (Wildman–Crippen LogP) is 4.15. The zero-order chi connectivity index (χ0) is 32.0. The number of carbonyl (C=O) groups excluding carboxylic acids is 4. The van der Waals surface area contributed by atoms with Crippen LogP contribution in [-0.2, 0) is 28.7 Å². The molecule has 9 nitrogen and oxygen atoms in total. The highest BCUT2D eigenvalue weighted by molar-refractivity contribution is 6.09. The molecule has 4 aliphatic rings. The Morgan fingerprint density at radius 3 is 2.12 bits per heavy atom. The van der Waals surface area contributed by atoms with Crippen molar-refractivity contribution < 1.29 is 44.0 Å². The van der Waals surface area contributed by atoms with Crippen LogP contribution < -0.4 is 0 Å². The van der Waals surface area contributed by atoms with E-state index in [1.165, 1.54) is 52.0 Å². The quantitative estimate of drug-likeness (QED) is 0.209. The van der Waals surface area contributed by atoms with Crippen molar-refractivity contribution in [3.05, 3.63) is 23.3 Å². The minimum atomic E-state index is -2.26. The van der Waals surface area contributed by atoms with Gasteiger partial charge >= 0.3 is 11.9 Å². The van der Waals surface area contributed by atoms with Gasteiger partial charge in [-0.1, -0.05) is 85.1 Å². The van der Waals surface area contributed by atoms with Crippen molar-refractivity contribution in [1.82, 2.24) is 0 Å². The van der Waals surface area contributed by atoms with Gasteiger partial charge in [-0.2, -0.15) is 0 Å². The summed E-state index contributed by atoms with van der Waals surface area (Å²) in [5.74, 6) is -6.70. The lowest BCUT2D eigenvalue weighted by molar-refractivity contribution is -0.229. The molecular weight excluding hydrogens is 552 g/mol. The number of Topliss-reactive ketones (excluding diaryl/α,β-unsaturated/α-hetero) is 2. The van der Waals surface area contributed by atoms with Crippen LogP contribution in [0.4, 0.5) is 0 Å². The summed E-state index contributed by atoms with van der Waals surface area (Å²) in [6.07, 6.45) is 11.4. The molecular formula is C34H50O9. The molecule has 0 aromatic heterocycles. The monoisotopic (exact) mass is 602 g/mol. The van der Waals surface area contributed by atoms with Gasteiger partial charge in [-0.15, -0.1) is 0 Å². The van der Waals surface area contributed by atoms with Gasteiger partial charge in [0, 0.05) is 42.1 Å². The largest absolute Gasteiger partial charge is 0.458 e. The summed E-state index contributed by atoms with van der Waals surface area (Å²) in [5.41, 5.74) is -6.61. The molecule has 0 aromatic carbocycles. The second kappa shape index (κ2) is 12.2. The van der Waals surface area contributed by atoms with Crippen molar-refractivity contribution in [2.45, 2.75) is 129 Å². The minimum Gasteiger partial charge on any atom is -0.458 e. The summed E-state index contributed by atoms with van der Waals surface area (Å²) in [6.45, 7) is 9.44. The number of hydrogen-bond donors (Lipinski definition) is 3. The van der Waals surface area contributed by atoms with E-state index in [9.17, 15) is 34.5 Å². The molecule has 43 heavy (non-hydrogen) atoms. The van der Waals surface area contributed by atoms with Gasteiger partial charge in [-0.25, -0.2) is 0 Å². The van der Waals surface area contributed by atoms with Crippen molar-refractivity contribution >= 4 is 23.5 Å². The molecule has 0 aromatic rings. The molecule has 3 N–H and O–H groups in total. The summed E-state index contributed by atoms with van der Waals surface area (Å²) in [5, 5.41) is 34.6. The maximum atomic E-state index is 14.0. The SMILES string of the molecule is CCCCCCCCCCCC(=O)O[C@@H]1[C@@H](C)[C@@]2(O)[C@@H](C(=O)C(CO)=C[C@]3(O)C(=O)C(C)=C[C@@H]23)[C@@H]2C(C)(C)[C@@]12OC(C)=O. The Morgan fingerprint density at radius 1 is 0.977 bits per heavy atom. The Labute approximate surface area is 255 Å². The maximum absolute atomic E-state index is 14.0. The molecule has 0 aliphatic heterocycles. The molecule has 4 rings (SSSR count). The molecule has 0 spiro atoms. The van der Waals surface area contributed by atoms with Crippen LogP contribution in [0.5, 0.6) is 0 Å². The smallest absolute Gasteiger partial charge is 0.306 e. The molecule has 0 heterocycles. The predicted molar refractivity (Wildman–Crippen MR) is 158 cm³/mol. The van der Waals surface area contributed by atoms with Crippen molar-refractivity contribution in [3.63, 3.8) is 0 Å². The lowest BCUT2D eigenvalue weighted by Crippen LogP contribution is -2.67. The summed E-state index contributed by atoms with van der Waals surface area (Å²) in [7, 11) is 0.